The molecule has 0 saturated heterocycles. The number of aromatic amines is 1. The fraction of sp³-hybridized carbons (Fsp3) is 0.462. The number of carbonyl (C=O) groups excluding carboxylic acids is 1. The second-order valence-corrected chi connectivity index (χ2v) is 5.79. The Morgan fingerprint density at radius 2 is 2.38 bits per heavy atom. The SMILES string of the molecule is O=C(N[C@@H]1CC(Cn2cc(Cl)cn2)C[C@H]1O)c1cn[nH]c1. The highest BCUT2D eigenvalue weighted by molar-refractivity contribution is 6.30. The maximum absolute atomic E-state index is 12.0. The number of halogens is 1. The van der Waals surface area contributed by atoms with Crippen molar-refractivity contribution in [1.29, 1.82) is 0 Å². The number of carbonyl (C=O) groups is 1. The van der Waals surface area contributed by atoms with E-state index < -0.39 is 6.10 Å². The van der Waals surface area contributed by atoms with Gasteiger partial charge in [-0.05, 0) is 18.8 Å². The molecule has 7 nitrogen and oxygen atoms in total. The molecule has 1 aliphatic rings. The number of hydrogen-bond donors (Lipinski definition) is 3. The summed E-state index contributed by atoms with van der Waals surface area (Å²) in [7, 11) is 0. The standard InChI is InChI=1S/C13H16ClN5O2/c14-10-5-17-19(7-10)6-8-1-11(12(20)2-8)18-13(21)9-3-15-16-4-9/h3-5,7-8,11-12,20H,1-2,6H2,(H,15,16)(H,18,21)/t8?,11-,12-/m1/s1. The number of aliphatic hydroxyl groups excluding tert-OH is 1. The number of rotatable bonds is 4. The molecule has 0 radical (unpaired) electrons. The van der Waals surface area contributed by atoms with E-state index in [4.69, 9.17) is 11.6 Å². The third kappa shape index (κ3) is 3.25. The fourth-order valence-electron chi connectivity index (χ4n) is 2.75. The van der Waals surface area contributed by atoms with Crippen molar-refractivity contribution in [2.45, 2.75) is 31.5 Å². The highest BCUT2D eigenvalue weighted by atomic mass is 35.5. The maximum atomic E-state index is 12.0. The summed E-state index contributed by atoms with van der Waals surface area (Å²) in [6.45, 7) is 0.682. The number of amides is 1. The molecule has 0 aliphatic heterocycles. The lowest BCUT2D eigenvalue weighted by Gasteiger charge is -2.15. The fourth-order valence-corrected chi connectivity index (χ4v) is 2.91. The van der Waals surface area contributed by atoms with Crippen LogP contribution in [0.2, 0.25) is 5.02 Å². The minimum Gasteiger partial charge on any atom is -0.391 e. The minimum atomic E-state index is -0.545. The molecule has 1 unspecified atom stereocenters. The van der Waals surface area contributed by atoms with E-state index >= 15 is 0 Å². The topological polar surface area (TPSA) is 95.8 Å². The monoisotopic (exact) mass is 309 g/mol. The molecule has 1 saturated carbocycles. The molecule has 8 heteroatoms. The summed E-state index contributed by atoms with van der Waals surface area (Å²) in [6, 6.07) is -0.247. The average Bonchev–Trinajstić information content (AvgIpc) is 3.14. The molecular weight excluding hydrogens is 294 g/mol. The molecule has 3 N–H and O–H groups in total. The molecule has 2 aromatic heterocycles. The van der Waals surface area contributed by atoms with Crippen molar-refractivity contribution in [3.05, 3.63) is 35.4 Å². The Balaban J connectivity index is 1.57. The van der Waals surface area contributed by atoms with Crippen molar-refractivity contribution >= 4 is 17.5 Å². The smallest absolute Gasteiger partial charge is 0.254 e. The Kier molecular flexibility index (Phi) is 3.94. The van der Waals surface area contributed by atoms with Crippen LogP contribution in [-0.4, -0.2) is 43.1 Å². The highest BCUT2D eigenvalue weighted by Gasteiger charge is 2.34. The first kappa shape index (κ1) is 14.1. The van der Waals surface area contributed by atoms with E-state index in [2.05, 4.69) is 20.6 Å². The van der Waals surface area contributed by atoms with E-state index in [-0.39, 0.29) is 17.9 Å². The van der Waals surface area contributed by atoms with E-state index in [1.807, 2.05) is 0 Å². The molecule has 21 heavy (non-hydrogen) atoms. The van der Waals surface area contributed by atoms with Gasteiger partial charge in [0.25, 0.3) is 5.91 Å². The van der Waals surface area contributed by atoms with Gasteiger partial charge in [-0.25, -0.2) is 0 Å². The van der Waals surface area contributed by atoms with E-state index in [1.54, 1.807) is 17.1 Å². The van der Waals surface area contributed by atoms with Gasteiger partial charge in [0, 0.05) is 18.9 Å². The van der Waals surface area contributed by atoms with Crippen LogP contribution >= 0.6 is 11.6 Å². The zero-order valence-electron chi connectivity index (χ0n) is 11.2. The van der Waals surface area contributed by atoms with Crippen molar-refractivity contribution in [1.82, 2.24) is 25.3 Å². The molecule has 1 amide bonds. The van der Waals surface area contributed by atoms with Crippen molar-refractivity contribution in [3.63, 3.8) is 0 Å². The maximum Gasteiger partial charge on any atom is 0.254 e. The molecule has 1 fully saturated rings. The lowest BCUT2D eigenvalue weighted by molar-refractivity contribution is 0.0873. The second-order valence-electron chi connectivity index (χ2n) is 5.35. The largest absolute Gasteiger partial charge is 0.391 e. The minimum absolute atomic E-state index is 0.226. The third-order valence-corrected chi connectivity index (χ3v) is 3.95. The van der Waals surface area contributed by atoms with Crippen LogP contribution in [-0.2, 0) is 6.54 Å². The first-order chi connectivity index (χ1) is 10.1. The number of H-pyrrole nitrogens is 1. The van der Waals surface area contributed by atoms with Gasteiger partial charge in [-0.1, -0.05) is 11.6 Å². The second kappa shape index (κ2) is 5.87. The summed E-state index contributed by atoms with van der Waals surface area (Å²) in [5.41, 5.74) is 0.463. The quantitative estimate of drug-likeness (QED) is 0.779. The van der Waals surface area contributed by atoms with Crippen LogP contribution in [0.3, 0.4) is 0 Å². The normalized spacial score (nSPS) is 25.1. The number of aliphatic hydroxyl groups is 1. The van der Waals surface area contributed by atoms with Crippen molar-refractivity contribution < 1.29 is 9.90 Å². The summed E-state index contributed by atoms with van der Waals surface area (Å²) < 4.78 is 1.76. The Bertz CT molecular complexity index is 612. The van der Waals surface area contributed by atoms with Gasteiger partial charge in [-0.15, -0.1) is 0 Å². The number of nitrogens with one attached hydrogen (secondary N) is 2. The molecule has 112 valence electrons. The van der Waals surface area contributed by atoms with Crippen LogP contribution in [0.15, 0.2) is 24.8 Å². The molecule has 1 aliphatic carbocycles. The van der Waals surface area contributed by atoms with Gasteiger partial charge in [0.05, 0.1) is 35.1 Å². The predicted octanol–water partition coefficient (Wildman–Crippen LogP) is 0.829. The van der Waals surface area contributed by atoms with Gasteiger partial charge in [-0.2, -0.15) is 10.2 Å². The van der Waals surface area contributed by atoms with Gasteiger partial charge in [0.1, 0.15) is 0 Å². The van der Waals surface area contributed by atoms with Crippen LogP contribution < -0.4 is 5.32 Å². The average molecular weight is 310 g/mol. The molecule has 3 rings (SSSR count). The van der Waals surface area contributed by atoms with Crippen molar-refractivity contribution in [2.24, 2.45) is 5.92 Å². The van der Waals surface area contributed by atoms with Gasteiger partial charge in [-0.3, -0.25) is 14.6 Å². The van der Waals surface area contributed by atoms with E-state index in [0.717, 1.165) is 0 Å². The zero-order valence-corrected chi connectivity index (χ0v) is 12.0. The molecule has 2 aromatic rings. The molecule has 0 bridgehead atoms. The summed E-state index contributed by atoms with van der Waals surface area (Å²) in [5, 5.41) is 24.0. The Labute approximate surface area is 126 Å². The van der Waals surface area contributed by atoms with Gasteiger partial charge in [0.15, 0.2) is 0 Å². The van der Waals surface area contributed by atoms with Crippen molar-refractivity contribution in [3.8, 4) is 0 Å². The van der Waals surface area contributed by atoms with Crippen LogP contribution in [0.1, 0.15) is 23.2 Å². The van der Waals surface area contributed by atoms with E-state index in [0.29, 0.717) is 30.0 Å². The predicted molar refractivity (Wildman–Crippen MR) is 75.8 cm³/mol. The first-order valence-electron chi connectivity index (χ1n) is 6.77. The highest BCUT2D eigenvalue weighted by Crippen LogP contribution is 2.28. The zero-order chi connectivity index (χ0) is 14.8. The summed E-state index contributed by atoms with van der Waals surface area (Å²) >= 11 is 5.83. The molecule has 0 spiro atoms. The van der Waals surface area contributed by atoms with Gasteiger partial charge < -0.3 is 10.4 Å². The Morgan fingerprint density at radius 3 is 3.05 bits per heavy atom. The van der Waals surface area contributed by atoms with Crippen LogP contribution in [0, 0.1) is 5.92 Å². The van der Waals surface area contributed by atoms with Crippen molar-refractivity contribution in [2.75, 3.05) is 0 Å². The number of nitrogens with zero attached hydrogens (tertiary/aromatic N) is 3. The molecule has 3 atom stereocenters. The number of hydrogen-bond acceptors (Lipinski definition) is 4. The summed E-state index contributed by atoms with van der Waals surface area (Å²) in [5.74, 6) is 0.0289. The molecule has 0 aromatic carbocycles. The van der Waals surface area contributed by atoms with Gasteiger partial charge in [0.2, 0.25) is 0 Å². The Morgan fingerprint density at radius 1 is 1.52 bits per heavy atom. The summed E-state index contributed by atoms with van der Waals surface area (Å²) in [4.78, 5) is 12.0. The number of aromatic nitrogens is 4. The van der Waals surface area contributed by atoms with Crippen LogP contribution in [0.25, 0.3) is 0 Å². The molecule has 2 heterocycles. The third-order valence-electron chi connectivity index (χ3n) is 3.75. The molecular formula is C13H16ClN5O2. The first-order valence-corrected chi connectivity index (χ1v) is 7.15. The lowest BCUT2D eigenvalue weighted by Crippen LogP contribution is -2.39. The van der Waals surface area contributed by atoms with E-state index in [9.17, 15) is 9.90 Å². The lowest BCUT2D eigenvalue weighted by atomic mass is 10.1. The summed E-state index contributed by atoms with van der Waals surface area (Å²) in [6.07, 6.45) is 7.13. The van der Waals surface area contributed by atoms with E-state index in [1.165, 1.54) is 12.4 Å². The van der Waals surface area contributed by atoms with Crippen LogP contribution in [0.4, 0.5) is 0 Å². The Hall–Kier alpha value is -1.86. The van der Waals surface area contributed by atoms with Crippen LogP contribution in [0.5, 0.6) is 0 Å². The van der Waals surface area contributed by atoms with Gasteiger partial charge >= 0.3 is 0 Å².